The van der Waals surface area contributed by atoms with Crippen LogP contribution in [0, 0.1) is 17.7 Å². The van der Waals surface area contributed by atoms with Crippen LogP contribution in [-0.4, -0.2) is 19.6 Å². The Labute approximate surface area is 122 Å². The van der Waals surface area contributed by atoms with Gasteiger partial charge in [-0.15, -0.1) is 0 Å². The molecular weight excluding hydrogens is 251 g/mol. The summed E-state index contributed by atoms with van der Waals surface area (Å²) in [6.07, 6.45) is 2.41. The molecule has 1 aliphatic heterocycles. The second-order valence-corrected chi connectivity index (χ2v) is 6.43. The zero-order chi connectivity index (χ0) is 14.5. The minimum absolute atomic E-state index is 0.0858. The Kier molecular flexibility index (Phi) is 5.41. The SMILES string of the molecule is CC(C)CNCc1c(F)cccc1N1CCC(C)CC1. The molecule has 2 nitrogen and oxygen atoms in total. The fourth-order valence-electron chi connectivity index (χ4n) is 2.75. The van der Waals surface area contributed by atoms with Crippen molar-refractivity contribution < 1.29 is 4.39 Å². The predicted molar refractivity (Wildman–Crippen MR) is 83.6 cm³/mol. The molecule has 1 aromatic carbocycles. The summed E-state index contributed by atoms with van der Waals surface area (Å²) in [5, 5.41) is 3.36. The average Bonchev–Trinajstić information content (AvgIpc) is 2.41. The molecule has 0 saturated carbocycles. The van der Waals surface area contributed by atoms with Crippen molar-refractivity contribution >= 4 is 5.69 Å². The van der Waals surface area contributed by atoms with E-state index in [1.165, 1.54) is 12.8 Å². The lowest BCUT2D eigenvalue weighted by Crippen LogP contribution is -2.34. The van der Waals surface area contributed by atoms with E-state index in [-0.39, 0.29) is 5.82 Å². The molecule has 0 amide bonds. The first kappa shape index (κ1) is 15.3. The van der Waals surface area contributed by atoms with Gasteiger partial charge in [0.05, 0.1) is 0 Å². The van der Waals surface area contributed by atoms with Crippen molar-refractivity contribution in [2.45, 2.75) is 40.2 Å². The van der Waals surface area contributed by atoms with Crippen LogP contribution in [0.25, 0.3) is 0 Å². The third-order valence-electron chi connectivity index (χ3n) is 4.07. The number of anilines is 1. The highest BCUT2D eigenvalue weighted by Crippen LogP contribution is 2.27. The summed E-state index contributed by atoms with van der Waals surface area (Å²) in [7, 11) is 0. The van der Waals surface area contributed by atoms with E-state index in [2.05, 4.69) is 37.1 Å². The maximum Gasteiger partial charge on any atom is 0.129 e. The Hall–Kier alpha value is -1.09. The van der Waals surface area contributed by atoms with Gasteiger partial charge in [-0.2, -0.15) is 0 Å². The average molecular weight is 278 g/mol. The van der Waals surface area contributed by atoms with Gasteiger partial charge in [0.15, 0.2) is 0 Å². The fraction of sp³-hybridized carbons (Fsp3) is 0.647. The second-order valence-electron chi connectivity index (χ2n) is 6.43. The summed E-state index contributed by atoms with van der Waals surface area (Å²) in [4.78, 5) is 2.34. The Morgan fingerprint density at radius 2 is 2.00 bits per heavy atom. The largest absolute Gasteiger partial charge is 0.371 e. The van der Waals surface area contributed by atoms with Crippen molar-refractivity contribution in [2.24, 2.45) is 11.8 Å². The Balaban J connectivity index is 2.09. The number of nitrogens with zero attached hydrogens (tertiary/aromatic N) is 1. The summed E-state index contributed by atoms with van der Waals surface area (Å²) >= 11 is 0. The molecule has 1 aromatic rings. The first-order chi connectivity index (χ1) is 9.58. The molecule has 1 saturated heterocycles. The standard InChI is InChI=1S/C17H27FN2/c1-13(2)11-19-12-15-16(18)5-4-6-17(15)20-9-7-14(3)8-10-20/h4-6,13-14,19H,7-12H2,1-3H3. The van der Waals surface area contributed by atoms with Crippen molar-refractivity contribution in [3.8, 4) is 0 Å². The summed E-state index contributed by atoms with van der Waals surface area (Å²) in [5.74, 6) is 1.29. The molecule has 0 radical (unpaired) electrons. The van der Waals surface area contributed by atoms with Gasteiger partial charge in [-0.25, -0.2) is 4.39 Å². The summed E-state index contributed by atoms with van der Waals surface area (Å²) in [5.41, 5.74) is 1.90. The fourth-order valence-corrected chi connectivity index (χ4v) is 2.75. The van der Waals surface area contributed by atoms with E-state index in [0.29, 0.717) is 12.5 Å². The van der Waals surface area contributed by atoms with Crippen LogP contribution in [0.4, 0.5) is 10.1 Å². The van der Waals surface area contributed by atoms with Crippen LogP contribution in [0.2, 0.25) is 0 Å². The number of nitrogens with one attached hydrogen (secondary N) is 1. The van der Waals surface area contributed by atoms with E-state index < -0.39 is 0 Å². The molecule has 1 heterocycles. The van der Waals surface area contributed by atoms with Gasteiger partial charge in [0.2, 0.25) is 0 Å². The van der Waals surface area contributed by atoms with E-state index in [0.717, 1.165) is 36.8 Å². The van der Waals surface area contributed by atoms with Crippen molar-refractivity contribution in [1.82, 2.24) is 5.32 Å². The number of benzene rings is 1. The van der Waals surface area contributed by atoms with Crippen molar-refractivity contribution in [1.29, 1.82) is 0 Å². The van der Waals surface area contributed by atoms with Crippen LogP contribution < -0.4 is 10.2 Å². The van der Waals surface area contributed by atoms with E-state index in [1.54, 1.807) is 6.07 Å². The van der Waals surface area contributed by atoms with Crippen LogP contribution in [0.3, 0.4) is 0 Å². The quantitative estimate of drug-likeness (QED) is 0.881. The highest BCUT2D eigenvalue weighted by atomic mass is 19.1. The van der Waals surface area contributed by atoms with Crippen LogP contribution in [0.5, 0.6) is 0 Å². The molecule has 20 heavy (non-hydrogen) atoms. The Morgan fingerprint density at radius 1 is 1.30 bits per heavy atom. The molecule has 0 unspecified atom stereocenters. The zero-order valence-electron chi connectivity index (χ0n) is 13.0. The van der Waals surface area contributed by atoms with Gasteiger partial charge >= 0.3 is 0 Å². The summed E-state index contributed by atoms with van der Waals surface area (Å²) < 4.78 is 14.1. The lowest BCUT2D eigenvalue weighted by molar-refractivity contribution is 0.436. The maximum atomic E-state index is 14.1. The number of hydrogen-bond acceptors (Lipinski definition) is 2. The van der Waals surface area contributed by atoms with E-state index >= 15 is 0 Å². The maximum absolute atomic E-state index is 14.1. The molecule has 112 valence electrons. The molecule has 2 rings (SSSR count). The second kappa shape index (κ2) is 7.07. The van der Waals surface area contributed by atoms with Gasteiger partial charge in [-0.05, 0) is 43.4 Å². The summed E-state index contributed by atoms with van der Waals surface area (Å²) in [6.45, 7) is 10.3. The molecule has 0 bridgehead atoms. The van der Waals surface area contributed by atoms with Gasteiger partial charge in [0.1, 0.15) is 5.82 Å². The number of piperidine rings is 1. The molecule has 0 spiro atoms. The highest BCUT2D eigenvalue weighted by Gasteiger charge is 2.19. The molecule has 1 aliphatic rings. The van der Waals surface area contributed by atoms with E-state index in [9.17, 15) is 4.39 Å². The monoisotopic (exact) mass is 278 g/mol. The molecular formula is C17H27FN2. The van der Waals surface area contributed by atoms with Crippen LogP contribution in [0.1, 0.15) is 39.2 Å². The van der Waals surface area contributed by atoms with Gasteiger partial charge in [0.25, 0.3) is 0 Å². The van der Waals surface area contributed by atoms with Crippen molar-refractivity contribution in [3.63, 3.8) is 0 Å². The molecule has 0 atom stereocenters. The Morgan fingerprint density at radius 3 is 2.65 bits per heavy atom. The zero-order valence-corrected chi connectivity index (χ0v) is 13.0. The molecule has 0 aromatic heterocycles. The minimum Gasteiger partial charge on any atom is -0.371 e. The normalized spacial score (nSPS) is 16.9. The first-order valence-corrected chi connectivity index (χ1v) is 7.81. The topological polar surface area (TPSA) is 15.3 Å². The van der Waals surface area contributed by atoms with Gasteiger partial charge < -0.3 is 10.2 Å². The molecule has 1 N–H and O–H groups in total. The lowest BCUT2D eigenvalue weighted by atomic mass is 9.98. The van der Waals surface area contributed by atoms with Crippen LogP contribution in [0.15, 0.2) is 18.2 Å². The lowest BCUT2D eigenvalue weighted by Gasteiger charge is -2.33. The number of hydrogen-bond donors (Lipinski definition) is 1. The van der Waals surface area contributed by atoms with Crippen LogP contribution >= 0.6 is 0 Å². The predicted octanol–water partition coefficient (Wildman–Crippen LogP) is 3.81. The van der Waals surface area contributed by atoms with Gasteiger partial charge in [-0.1, -0.05) is 26.8 Å². The summed E-state index contributed by atoms with van der Waals surface area (Å²) in [6, 6.07) is 5.46. The van der Waals surface area contributed by atoms with Crippen molar-refractivity contribution in [3.05, 3.63) is 29.6 Å². The van der Waals surface area contributed by atoms with Gasteiger partial charge in [-0.3, -0.25) is 0 Å². The Bertz CT molecular complexity index is 423. The minimum atomic E-state index is -0.0858. The third-order valence-corrected chi connectivity index (χ3v) is 4.07. The van der Waals surface area contributed by atoms with E-state index in [1.807, 2.05) is 6.07 Å². The van der Waals surface area contributed by atoms with Crippen molar-refractivity contribution in [2.75, 3.05) is 24.5 Å². The molecule has 3 heteroatoms. The third kappa shape index (κ3) is 3.95. The van der Waals surface area contributed by atoms with E-state index in [4.69, 9.17) is 0 Å². The highest BCUT2D eigenvalue weighted by molar-refractivity contribution is 5.54. The van der Waals surface area contributed by atoms with Crippen LogP contribution in [-0.2, 0) is 6.54 Å². The van der Waals surface area contributed by atoms with Gasteiger partial charge in [0, 0.05) is 30.9 Å². The first-order valence-electron chi connectivity index (χ1n) is 7.81. The molecule has 1 fully saturated rings. The smallest absolute Gasteiger partial charge is 0.129 e. The number of rotatable bonds is 5. The molecule has 0 aliphatic carbocycles. The number of halogens is 1.